The second-order valence-electron chi connectivity index (χ2n) is 7.38. The van der Waals surface area contributed by atoms with E-state index in [2.05, 4.69) is 38.2 Å². The third-order valence-corrected chi connectivity index (χ3v) is 6.81. The minimum absolute atomic E-state index is 0.119. The Morgan fingerprint density at radius 2 is 1.93 bits per heavy atom. The molecule has 0 saturated carbocycles. The summed E-state index contributed by atoms with van der Waals surface area (Å²) in [4.78, 5) is 28.8. The van der Waals surface area contributed by atoms with Crippen LogP contribution in [0.1, 0.15) is 18.4 Å². The molecule has 0 atom stereocenters. The highest BCUT2D eigenvalue weighted by molar-refractivity contribution is 9.10. The summed E-state index contributed by atoms with van der Waals surface area (Å²) in [7, 11) is 2.12. The van der Waals surface area contributed by atoms with Crippen LogP contribution in [0.15, 0.2) is 57.1 Å². The summed E-state index contributed by atoms with van der Waals surface area (Å²) in [5.74, 6) is 0.124. The molecule has 0 radical (unpaired) electrons. The quantitative estimate of drug-likeness (QED) is 0.620. The van der Waals surface area contributed by atoms with E-state index in [9.17, 15) is 4.79 Å². The number of piperidine rings is 1. The number of halogens is 2. The lowest BCUT2D eigenvalue weighted by Crippen LogP contribution is -2.39. The van der Waals surface area contributed by atoms with Crippen molar-refractivity contribution in [3.63, 3.8) is 0 Å². The molecule has 3 heterocycles. The number of aromatic nitrogens is 1. The van der Waals surface area contributed by atoms with Crippen molar-refractivity contribution in [2.75, 3.05) is 31.2 Å². The number of thioether (sulfide) groups is 1. The normalized spacial score (nSPS) is 18.2. The van der Waals surface area contributed by atoms with E-state index < -0.39 is 5.66 Å². The fourth-order valence-corrected chi connectivity index (χ4v) is 4.65. The summed E-state index contributed by atoms with van der Waals surface area (Å²) >= 11 is 10.7. The van der Waals surface area contributed by atoms with Gasteiger partial charge in [-0.2, -0.15) is 0 Å². The second kappa shape index (κ2) is 9.18. The first-order chi connectivity index (χ1) is 14.4. The van der Waals surface area contributed by atoms with Crippen LogP contribution in [0.3, 0.4) is 0 Å². The van der Waals surface area contributed by atoms with Crippen LogP contribution < -0.4 is 5.32 Å². The van der Waals surface area contributed by atoms with E-state index in [4.69, 9.17) is 21.6 Å². The van der Waals surface area contributed by atoms with E-state index in [1.54, 1.807) is 18.3 Å². The molecule has 0 aliphatic carbocycles. The maximum absolute atomic E-state index is 12.5. The average molecular weight is 507 g/mol. The van der Waals surface area contributed by atoms with E-state index in [0.717, 1.165) is 46.7 Å². The fourth-order valence-electron chi connectivity index (χ4n) is 3.40. The van der Waals surface area contributed by atoms with Gasteiger partial charge in [0, 0.05) is 36.0 Å². The van der Waals surface area contributed by atoms with Crippen LogP contribution in [0.25, 0.3) is 0 Å². The zero-order chi connectivity index (χ0) is 21.1. The fraction of sp³-hybridized carbons (Fsp3) is 0.333. The van der Waals surface area contributed by atoms with Gasteiger partial charge in [-0.3, -0.25) is 9.79 Å². The van der Waals surface area contributed by atoms with E-state index in [0.29, 0.717) is 10.8 Å². The van der Waals surface area contributed by atoms with E-state index in [1.807, 2.05) is 24.3 Å². The average Bonchev–Trinajstić information content (AvgIpc) is 3.09. The lowest BCUT2D eigenvalue weighted by molar-refractivity contribution is -0.113. The molecular weight excluding hydrogens is 486 g/mol. The zero-order valence-electron chi connectivity index (χ0n) is 16.4. The van der Waals surface area contributed by atoms with E-state index in [1.165, 1.54) is 11.8 Å². The van der Waals surface area contributed by atoms with Gasteiger partial charge in [-0.25, -0.2) is 9.98 Å². The molecule has 2 aromatic rings. The molecule has 30 heavy (non-hydrogen) atoms. The molecule has 156 valence electrons. The molecule has 1 N–H and O–H groups in total. The van der Waals surface area contributed by atoms with Crippen LogP contribution >= 0.6 is 39.3 Å². The number of anilines is 1. The zero-order valence-corrected chi connectivity index (χ0v) is 19.6. The number of benzene rings is 1. The Hall–Kier alpha value is -1.74. The van der Waals surface area contributed by atoms with Gasteiger partial charge in [-0.05, 0) is 31.3 Å². The summed E-state index contributed by atoms with van der Waals surface area (Å²) in [6.07, 6.45) is 3.31. The Morgan fingerprint density at radius 1 is 1.20 bits per heavy atom. The maximum Gasteiger partial charge on any atom is 0.234 e. The topological polar surface area (TPSA) is 70.0 Å². The van der Waals surface area contributed by atoms with E-state index >= 15 is 0 Å². The predicted molar refractivity (Wildman–Crippen MR) is 128 cm³/mol. The second-order valence-corrected chi connectivity index (χ2v) is 9.64. The third kappa shape index (κ3) is 5.11. The van der Waals surface area contributed by atoms with Gasteiger partial charge in [-0.15, -0.1) is 0 Å². The van der Waals surface area contributed by atoms with Crippen molar-refractivity contribution in [3.05, 3.63) is 57.8 Å². The van der Waals surface area contributed by atoms with Gasteiger partial charge in [0.2, 0.25) is 5.91 Å². The summed E-state index contributed by atoms with van der Waals surface area (Å²) in [6.45, 7) is 1.92. The number of nitrogens with zero attached hydrogens (tertiary/aromatic N) is 4. The largest absolute Gasteiger partial charge is 0.324 e. The molecule has 4 rings (SSSR count). The Kier molecular flexibility index (Phi) is 6.57. The molecule has 0 bridgehead atoms. The first kappa shape index (κ1) is 21.5. The number of hydrogen-bond donors (Lipinski definition) is 1. The van der Waals surface area contributed by atoms with Gasteiger partial charge in [0.1, 0.15) is 10.2 Å². The summed E-state index contributed by atoms with van der Waals surface area (Å²) in [6, 6.07) is 11.4. The molecule has 1 aromatic carbocycles. The van der Waals surface area contributed by atoms with Crippen LogP contribution in [-0.2, 0) is 4.79 Å². The van der Waals surface area contributed by atoms with Crippen LogP contribution in [-0.4, -0.2) is 58.1 Å². The molecular formula is C21H21BrClN5OS. The number of aliphatic imine (C=N–C) groups is 2. The van der Waals surface area contributed by atoms with Crippen molar-refractivity contribution >= 4 is 61.6 Å². The number of nitrogens with one attached hydrogen (secondary N) is 1. The van der Waals surface area contributed by atoms with Gasteiger partial charge in [-0.1, -0.05) is 51.4 Å². The van der Waals surface area contributed by atoms with Gasteiger partial charge in [0.25, 0.3) is 0 Å². The minimum Gasteiger partial charge on any atom is -0.324 e. The van der Waals surface area contributed by atoms with Gasteiger partial charge in [0.15, 0.2) is 5.66 Å². The van der Waals surface area contributed by atoms with Crippen molar-refractivity contribution in [2.24, 2.45) is 9.98 Å². The van der Waals surface area contributed by atoms with Crippen molar-refractivity contribution in [1.29, 1.82) is 0 Å². The number of carbonyl (C=O) groups excluding carboxylic acids is 1. The molecule has 1 aromatic heterocycles. The van der Waals surface area contributed by atoms with Crippen LogP contribution in [0.4, 0.5) is 5.69 Å². The van der Waals surface area contributed by atoms with Gasteiger partial charge >= 0.3 is 0 Å². The molecule has 2 aliphatic heterocycles. The van der Waals surface area contributed by atoms with E-state index in [-0.39, 0.29) is 11.7 Å². The van der Waals surface area contributed by atoms with Crippen molar-refractivity contribution in [2.45, 2.75) is 18.5 Å². The Morgan fingerprint density at radius 3 is 2.60 bits per heavy atom. The molecule has 1 saturated heterocycles. The minimum atomic E-state index is -0.409. The molecule has 1 amide bonds. The summed E-state index contributed by atoms with van der Waals surface area (Å²) in [5.41, 5.74) is 2.10. The highest BCUT2D eigenvalue weighted by atomic mass is 79.9. The Labute approximate surface area is 193 Å². The highest BCUT2D eigenvalue weighted by Gasteiger charge is 2.39. The number of carbonyl (C=O) groups is 1. The van der Waals surface area contributed by atoms with Crippen LogP contribution in [0.2, 0.25) is 5.15 Å². The van der Waals surface area contributed by atoms with Crippen molar-refractivity contribution in [3.8, 4) is 0 Å². The number of likely N-dealkylation sites (tertiary alicyclic amines) is 1. The summed E-state index contributed by atoms with van der Waals surface area (Å²) in [5, 5.41) is 4.06. The lowest BCUT2D eigenvalue weighted by Gasteiger charge is -2.33. The van der Waals surface area contributed by atoms with Crippen molar-refractivity contribution < 1.29 is 4.79 Å². The monoisotopic (exact) mass is 505 g/mol. The summed E-state index contributed by atoms with van der Waals surface area (Å²) < 4.78 is 1.01. The molecule has 2 aliphatic rings. The number of pyridine rings is 1. The lowest BCUT2D eigenvalue weighted by atomic mass is 9.99. The van der Waals surface area contributed by atoms with Crippen LogP contribution in [0.5, 0.6) is 0 Å². The number of rotatable bonds is 4. The first-order valence-electron chi connectivity index (χ1n) is 9.61. The molecule has 1 spiro atoms. The van der Waals surface area contributed by atoms with Gasteiger partial charge in [0.05, 0.1) is 23.3 Å². The predicted octanol–water partition coefficient (Wildman–Crippen LogP) is 4.49. The number of hydrogen-bond acceptors (Lipinski definition) is 6. The van der Waals surface area contributed by atoms with Gasteiger partial charge < -0.3 is 10.2 Å². The Balaban J connectivity index is 1.50. The Bertz CT molecular complexity index is 985. The first-order valence-corrected chi connectivity index (χ1v) is 11.8. The smallest absolute Gasteiger partial charge is 0.234 e. The highest BCUT2D eigenvalue weighted by Crippen LogP contribution is 2.35. The standard InChI is InChI=1S/C21H21BrClN5OS/c1-28-10-8-21(9-11-28)26-19(14-2-4-15(22)5-3-14)20(27-21)30-13-18(29)25-16-6-7-17(23)24-12-16/h2-7,12H,8-11,13H2,1H3,(H,25,29). The van der Waals surface area contributed by atoms with Crippen molar-refractivity contribution in [1.82, 2.24) is 9.88 Å². The van der Waals surface area contributed by atoms with Crippen LogP contribution in [0, 0.1) is 0 Å². The molecule has 1 fully saturated rings. The molecule has 9 heteroatoms. The third-order valence-electron chi connectivity index (χ3n) is 5.09. The molecule has 6 nitrogen and oxygen atoms in total. The maximum atomic E-state index is 12.5. The SMILES string of the molecule is CN1CCC2(CC1)N=C(SCC(=O)Nc1ccc(Cl)nc1)C(c1ccc(Br)cc1)=N2. The number of amides is 1. The molecule has 0 unspecified atom stereocenters.